The van der Waals surface area contributed by atoms with E-state index in [9.17, 15) is 9.18 Å². The topological polar surface area (TPSA) is 60.2 Å². The zero-order valence-corrected chi connectivity index (χ0v) is 15.2. The number of aromatic nitrogens is 3. The summed E-state index contributed by atoms with van der Waals surface area (Å²) in [7, 11) is 0. The van der Waals surface area contributed by atoms with Crippen LogP contribution < -0.4 is 0 Å². The Morgan fingerprint density at radius 2 is 2.16 bits per heavy atom. The van der Waals surface area contributed by atoms with Gasteiger partial charge in [0, 0.05) is 13.1 Å². The van der Waals surface area contributed by atoms with Crippen molar-refractivity contribution in [3.05, 3.63) is 47.8 Å². The Bertz CT molecular complexity index is 764. The van der Waals surface area contributed by atoms with Gasteiger partial charge in [-0.15, -0.1) is 0 Å². The molecule has 0 N–H and O–H groups in total. The summed E-state index contributed by atoms with van der Waals surface area (Å²) in [4.78, 5) is 18.9. The Labute approximate surface area is 154 Å². The summed E-state index contributed by atoms with van der Waals surface area (Å²) >= 11 is 6.65. The van der Waals surface area contributed by atoms with Crippen LogP contribution in [0.3, 0.4) is 0 Å². The summed E-state index contributed by atoms with van der Waals surface area (Å²) in [6, 6.07) is 4.47. The van der Waals surface area contributed by atoms with Crippen LogP contribution >= 0.6 is 24.0 Å². The van der Waals surface area contributed by atoms with E-state index in [1.807, 2.05) is 11.8 Å². The number of hydrogen-bond acceptors (Lipinski definition) is 6. The van der Waals surface area contributed by atoms with Crippen LogP contribution in [0.1, 0.15) is 21.3 Å². The minimum atomic E-state index is -0.811. The number of thiocarbonyl (C=S) groups is 1. The van der Waals surface area contributed by atoms with Crippen molar-refractivity contribution in [3.63, 3.8) is 0 Å². The summed E-state index contributed by atoms with van der Waals surface area (Å²) in [6.45, 7) is 4.34. The Balaban J connectivity index is 1.86. The first kappa shape index (κ1) is 18.0. The second kappa shape index (κ2) is 8.03. The number of ether oxygens (including phenoxy) is 1. The van der Waals surface area contributed by atoms with E-state index < -0.39 is 17.0 Å². The number of aryl methyl sites for hydroxylation is 1. The summed E-state index contributed by atoms with van der Waals surface area (Å²) in [6.07, 6.45) is 2.77. The summed E-state index contributed by atoms with van der Waals surface area (Å²) in [5.74, 6) is -0.953. The summed E-state index contributed by atoms with van der Waals surface area (Å²) in [5.41, 5.74) is 0.834. The van der Waals surface area contributed by atoms with Gasteiger partial charge in [-0.2, -0.15) is 5.10 Å². The standard InChI is InChI=1S/C16H17FN4O2S2/c1-11-2-3-13(17)12(8-11)14(22)15(21-10-18-9-19-21)25-16(24)20-4-6-23-7-5-20/h2-3,8-10,15H,4-7H2,1H3. The first-order valence-corrected chi connectivity index (χ1v) is 9.03. The second-order valence-corrected chi connectivity index (χ2v) is 7.27. The average Bonchev–Trinajstić information content (AvgIpc) is 3.16. The van der Waals surface area contributed by atoms with Gasteiger partial charge in [-0.1, -0.05) is 35.6 Å². The maximum absolute atomic E-state index is 14.2. The van der Waals surface area contributed by atoms with Gasteiger partial charge >= 0.3 is 0 Å². The molecule has 132 valence electrons. The molecule has 0 bridgehead atoms. The van der Waals surface area contributed by atoms with Crippen molar-refractivity contribution >= 4 is 34.1 Å². The molecule has 1 unspecified atom stereocenters. The van der Waals surface area contributed by atoms with Crippen LogP contribution in [0, 0.1) is 12.7 Å². The number of benzene rings is 1. The third-order valence-electron chi connectivity index (χ3n) is 3.77. The van der Waals surface area contributed by atoms with Crippen LogP contribution in [-0.4, -0.2) is 56.1 Å². The molecule has 1 aliphatic heterocycles. The quantitative estimate of drug-likeness (QED) is 0.596. The van der Waals surface area contributed by atoms with Gasteiger partial charge in [0.1, 0.15) is 22.8 Å². The lowest BCUT2D eigenvalue weighted by atomic mass is 10.1. The molecule has 1 fully saturated rings. The number of thioether (sulfide) groups is 1. The van der Waals surface area contributed by atoms with Gasteiger partial charge in [-0.05, 0) is 19.1 Å². The van der Waals surface area contributed by atoms with Crippen LogP contribution in [0.4, 0.5) is 4.39 Å². The van der Waals surface area contributed by atoms with Crippen molar-refractivity contribution in [2.45, 2.75) is 12.3 Å². The van der Waals surface area contributed by atoms with E-state index in [0.717, 1.165) is 5.56 Å². The highest BCUT2D eigenvalue weighted by Crippen LogP contribution is 2.30. The Hall–Kier alpha value is -1.84. The van der Waals surface area contributed by atoms with E-state index in [2.05, 4.69) is 10.1 Å². The van der Waals surface area contributed by atoms with Gasteiger partial charge in [-0.25, -0.2) is 14.1 Å². The molecule has 6 nitrogen and oxygen atoms in total. The second-order valence-electron chi connectivity index (χ2n) is 5.56. The molecular weight excluding hydrogens is 363 g/mol. The van der Waals surface area contributed by atoms with Crippen LogP contribution in [0.2, 0.25) is 0 Å². The lowest BCUT2D eigenvalue weighted by Gasteiger charge is -2.30. The van der Waals surface area contributed by atoms with Gasteiger partial charge in [0.2, 0.25) is 5.78 Å². The van der Waals surface area contributed by atoms with Crippen molar-refractivity contribution in [1.29, 1.82) is 0 Å². The maximum atomic E-state index is 14.2. The number of halogens is 1. The van der Waals surface area contributed by atoms with Crippen molar-refractivity contribution in [3.8, 4) is 0 Å². The third-order valence-corrected chi connectivity index (χ3v) is 5.43. The Kier molecular flexibility index (Phi) is 5.77. The lowest BCUT2D eigenvalue weighted by molar-refractivity contribution is 0.0702. The van der Waals surface area contributed by atoms with Gasteiger partial charge in [0.15, 0.2) is 5.37 Å². The SMILES string of the molecule is Cc1ccc(F)c(C(=O)C(SC(=S)N2CCOCC2)n2cncn2)c1. The summed E-state index contributed by atoms with van der Waals surface area (Å²) in [5, 5.41) is 3.24. The van der Waals surface area contributed by atoms with Crippen molar-refractivity contribution < 1.29 is 13.9 Å². The van der Waals surface area contributed by atoms with Crippen LogP contribution in [0.15, 0.2) is 30.9 Å². The molecule has 2 aromatic rings. The molecule has 2 heterocycles. The number of ketones is 1. The number of carbonyl (C=O) groups excluding carboxylic acids is 1. The molecule has 1 saturated heterocycles. The fraction of sp³-hybridized carbons (Fsp3) is 0.375. The smallest absolute Gasteiger partial charge is 0.201 e. The number of hydrogen-bond donors (Lipinski definition) is 0. The van der Waals surface area contributed by atoms with E-state index >= 15 is 0 Å². The number of rotatable bonds is 4. The van der Waals surface area contributed by atoms with E-state index in [1.165, 1.54) is 35.2 Å². The van der Waals surface area contributed by atoms with Crippen molar-refractivity contribution in [2.75, 3.05) is 26.3 Å². The van der Waals surface area contributed by atoms with Gasteiger partial charge in [0.25, 0.3) is 0 Å². The zero-order chi connectivity index (χ0) is 17.8. The van der Waals surface area contributed by atoms with E-state index in [1.54, 1.807) is 12.1 Å². The predicted molar refractivity (Wildman–Crippen MR) is 97.1 cm³/mol. The first-order chi connectivity index (χ1) is 12.1. The zero-order valence-electron chi connectivity index (χ0n) is 13.6. The number of carbonyl (C=O) groups is 1. The first-order valence-electron chi connectivity index (χ1n) is 7.74. The van der Waals surface area contributed by atoms with Crippen molar-refractivity contribution in [2.24, 2.45) is 0 Å². The van der Waals surface area contributed by atoms with Crippen LogP contribution in [0.25, 0.3) is 0 Å². The molecule has 0 amide bonds. The Morgan fingerprint density at radius 3 is 2.84 bits per heavy atom. The molecule has 9 heteroatoms. The van der Waals surface area contributed by atoms with Gasteiger partial charge < -0.3 is 9.64 Å². The summed E-state index contributed by atoms with van der Waals surface area (Å²) < 4.78 is 21.5. The van der Waals surface area contributed by atoms with Crippen molar-refractivity contribution in [1.82, 2.24) is 19.7 Å². The Morgan fingerprint density at radius 1 is 1.40 bits per heavy atom. The third kappa shape index (κ3) is 4.23. The van der Waals surface area contributed by atoms with Crippen LogP contribution in [0.5, 0.6) is 0 Å². The monoisotopic (exact) mass is 380 g/mol. The average molecular weight is 380 g/mol. The highest BCUT2D eigenvalue weighted by molar-refractivity contribution is 8.23. The normalized spacial score (nSPS) is 15.8. The maximum Gasteiger partial charge on any atom is 0.201 e. The van der Waals surface area contributed by atoms with E-state index in [4.69, 9.17) is 17.0 Å². The molecule has 25 heavy (non-hydrogen) atoms. The number of morpholine rings is 1. The molecule has 0 spiro atoms. The molecule has 1 atom stereocenters. The van der Waals surface area contributed by atoms with Gasteiger partial charge in [-0.3, -0.25) is 4.79 Å². The minimum Gasteiger partial charge on any atom is -0.378 e. The molecule has 0 radical (unpaired) electrons. The molecule has 0 aliphatic carbocycles. The van der Waals surface area contributed by atoms with Crippen LogP contribution in [-0.2, 0) is 4.74 Å². The molecular formula is C16H17FN4O2S2. The molecule has 1 aromatic heterocycles. The van der Waals surface area contributed by atoms with Gasteiger partial charge in [0.05, 0.1) is 18.8 Å². The number of nitrogens with zero attached hydrogens (tertiary/aromatic N) is 4. The predicted octanol–water partition coefficient (Wildman–Crippen LogP) is 2.46. The van der Waals surface area contributed by atoms with E-state index in [-0.39, 0.29) is 5.56 Å². The largest absolute Gasteiger partial charge is 0.378 e. The number of Topliss-reactive ketones (excluding diaryl/α,β-unsaturated/α-hetero) is 1. The van der Waals surface area contributed by atoms with E-state index in [0.29, 0.717) is 30.6 Å². The fourth-order valence-electron chi connectivity index (χ4n) is 2.44. The fourth-order valence-corrected chi connectivity index (χ4v) is 3.87. The highest BCUT2D eigenvalue weighted by Gasteiger charge is 2.29. The lowest BCUT2D eigenvalue weighted by Crippen LogP contribution is -2.39. The molecule has 1 aliphatic rings. The molecule has 0 saturated carbocycles. The highest BCUT2D eigenvalue weighted by atomic mass is 32.2. The molecule has 1 aromatic carbocycles. The molecule has 3 rings (SSSR count). The minimum absolute atomic E-state index is 0.0257.